The Labute approximate surface area is 278 Å². The van der Waals surface area contributed by atoms with Gasteiger partial charge in [-0.2, -0.15) is 4.98 Å². The minimum Gasteiger partial charge on any atom is -0.494 e. The molecule has 2 saturated heterocycles. The number of fused-ring (bicyclic) bond motifs is 1. The maximum atomic E-state index is 13.4. The van der Waals surface area contributed by atoms with Crippen LogP contribution >= 0.6 is 23.1 Å². The van der Waals surface area contributed by atoms with E-state index in [0.29, 0.717) is 50.3 Å². The highest BCUT2D eigenvalue weighted by molar-refractivity contribution is 9.10. The summed E-state index contributed by atoms with van der Waals surface area (Å²) in [5.41, 5.74) is 5.12. The summed E-state index contributed by atoms with van der Waals surface area (Å²) in [6.45, 7) is 10.1. The predicted molar refractivity (Wildman–Crippen MR) is 189 cm³/mol. The van der Waals surface area contributed by atoms with E-state index in [-0.39, 0.29) is 0 Å². The molecule has 2 aromatic carbocycles. The molecule has 0 spiro atoms. The molecule has 2 aliphatic heterocycles. The Kier molecular flexibility index (Phi) is 8.65. The number of piperidine rings is 1. The number of benzene rings is 2. The summed E-state index contributed by atoms with van der Waals surface area (Å²) in [6.07, 6.45) is 10.0. The molecule has 1 aliphatic carbocycles. The van der Waals surface area contributed by atoms with Crippen molar-refractivity contribution < 1.29 is 9.30 Å². The average molecular weight is 707 g/mol. The van der Waals surface area contributed by atoms with Gasteiger partial charge < -0.3 is 30.2 Å². The first-order valence-electron chi connectivity index (χ1n) is 16.0. The molecule has 3 N–H and O–H groups in total. The number of methoxy groups -OCH3 is 1. The van der Waals surface area contributed by atoms with Gasteiger partial charge in [0.1, 0.15) is 24.2 Å². The first kappa shape index (κ1) is 31.3. The van der Waals surface area contributed by atoms with E-state index in [2.05, 4.69) is 75.7 Å². The Balaban J connectivity index is 1.06. The molecule has 13 heteroatoms. The molecule has 242 valence electrons. The molecule has 3 fully saturated rings. The number of halogens is 1. The summed E-state index contributed by atoms with van der Waals surface area (Å²) in [4.78, 5) is 23.3. The van der Waals surface area contributed by atoms with E-state index in [1.807, 2.05) is 12.1 Å². The van der Waals surface area contributed by atoms with Gasteiger partial charge in [0.05, 0.1) is 33.8 Å². The predicted octanol–water partition coefficient (Wildman–Crippen LogP) is 5.64. The molecule has 1 saturated carbocycles. The molecular weight excluding hydrogens is 665 g/mol. The lowest BCUT2D eigenvalue weighted by Crippen LogP contribution is -2.62. The van der Waals surface area contributed by atoms with Crippen molar-refractivity contribution in [2.45, 2.75) is 50.7 Å². The Morgan fingerprint density at radius 2 is 1.72 bits per heavy atom. The van der Waals surface area contributed by atoms with Crippen LogP contribution < -0.4 is 30.9 Å². The zero-order chi connectivity index (χ0) is 32.0. The maximum Gasteiger partial charge on any atom is 0.229 e. The number of rotatable bonds is 10. The van der Waals surface area contributed by atoms with E-state index < -0.39 is 7.14 Å². The van der Waals surface area contributed by atoms with Gasteiger partial charge in [0.2, 0.25) is 5.95 Å². The lowest BCUT2D eigenvalue weighted by atomic mass is 9.96. The number of nitrogens with one attached hydrogen (secondary N) is 3. The Hall–Kier alpha value is -3.31. The van der Waals surface area contributed by atoms with Gasteiger partial charge in [-0.25, -0.2) is 4.98 Å². The van der Waals surface area contributed by atoms with Crippen molar-refractivity contribution in [2.24, 2.45) is 0 Å². The highest BCUT2D eigenvalue weighted by atomic mass is 79.9. The van der Waals surface area contributed by atoms with Gasteiger partial charge in [-0.3, -0.25) is 14.9 Å². The third kappa shape index (κ3) is 6.58. The summed E-state index contributed by atoms with van der Waals surface area (Å²) in [5.74, 6) is 1.66. The van der Waals surface area contributed by atoms with E-state index in [0.717, 1.165) is 30.6 Å². The fraction of sp³-hybridized carbons (Fsp3) is 0.455. The van der Waals surface area contributed by atoms with Crippen LogP contribution in [0.15, 0.2) is 47.3 Å². The summed E-state index contributed by atoms with van der Waals surface area (Å²) in [5, 5.41) is 11.1. The Morgan fingerprint density at radius 1 is 0.957 bits per heavy atom. The van der Waals surface area contributed by atoms with Crippen LogP contribution in [0.3, 0.4) is 0 Å². The zero-order valence-electron chi connectivity index (χ0n) is 26.8. The van der Waals surface area contributed by atoms with Gasteiger partial charge in [0.15, 0.2) is 0 Å². The molecule has 0 radical (unpaired) electrons. The number of aryl methyl sites for hydroxylation is 1. The largest absolute Gasteiger partial charge is 0.494 e. The highest BCUT2D eigenvalue weighted by Crippen LogP contribution is 2.42. The molecule has 3 aliphatic rings. The average Bonchev–Trinajstić information content (AvgIpc) is 3.84. The van der Waals surface area contributed by atoms with Crippen molar-refractivity contribution >= 4 is 68.2 Å². The van der Waals surface area contributed by atoms with Crippen molar-refractivity contribution in [2.75, 3.05) is 62.2 Å². The molecular formula is C33H41BrN9O2P. The van der Waals surface area contributed by atoms with E-state index in [1.165, 1.54) is 50.0 Å². The van der Waals surface area contributed by atoms with Crippen molar-refractivity contribution in [3.05, 3.63) is 52.9 Å². The number of aromatic nitrogens is 4. The lowest BCUT2D eigenvalue weighted by molar-refractivity contribution is 0.0621. The van der Waals surface area contributed by atoms with Crippen molar-refractivity contribution in [1.29, 1.82) is 0 Å². The maximum absolute atomic E-state index is 13.4. The van der Waals surface area contributed by atoms with E-state index in [9.17, 15) is 4.57 Å². The second-order valence-corrected chi connectivity index (χ2v) is 17.0. The molecule has 0 unspecified atom stereocenters. The number of hydrogen-bond acceptors (Lipinski definition) is 11. The van der Waals surface area contributed by atoms with Crippen molar-refractivity contribution in [3.63, 3.8) is 0 Å². The summed E-state index contributed by atoms with van der Waals surface area (Å²) < 4.78 is 19.9. The summed E-state index contributed by atoms with van der Waals surface area (Å²) in [6, 6.07) is 10.1. The van der Waals surface area contributed by atoms with Gasteiger partial charge >= 0.3 is 0 Å². The van der Waals surface area contributed by atoms with Crippen LogP contribution in [0, 0.1) is 6.92 Å². The van der Waals surface area contributed by atoms with Gasteiger partial charge in [0, 0.05) is 74.6 Å². The number of nitrogens with zero attached hydrogens (tertiary/aromatic N) is 6. The standard InChI is InChI=1S/C33H41BrN9O2P/c1-20-15-27(29(45-2)16-28(20)42-13-9-23(10-14-42)43-18-22(19-43)38-21-5-6-21)40-33-37-17-24(34)32(41-33)39-26-8-7-25-30(36-12-11-35-25)31(26)46(3,4)44/h7-8,11-12,15-17,21-23,38H,5-6,9-10,13-14,18-19H2,1-4H3,(H2,37,39,40,41). The molecule has 4 aromatic rings. The highest BCUT2D eigenvalue weighted by Gasteiger charge is 2.37. The first-order valence-corrected chi connectivity index (χ1v) is 19.3. The minimum absolute atomic E-state index is 0.402. The number of anilines is 5. The zero-order valence-corrected chi connectivity index (χ0v) is 29.2. The Bertz CT molecular complexity index is 1800. The second kappa shape index (κ2) is 12.7. The fourth-order valence-corrected chi connectivity index (χ4v) is 8.37. The minimum atomic E-state index is -2.73. The number of hydrogen-bond donors (Lipinski definition) is 3. The summed E-state index contributed by atoms with van der Waals surface area (Å²) in [7, 11) is -1.04. The molecule has 2 aromatic heterocycles. The molecule has 4 heterocycles. The normalized spacial score (nSPS) is 18.1. The van der Waals surface area contributed by atoms with E-state index >= 15 is 0 Å². The van der Waals surface area contributed by atoms with Crippen LogP contribution in [-0.2, 0) is 4.57 Å². The van der Waals surface area contributed by atoms with Gasteiger partial charge in [-0.15, -0.1) is 0 Å². The number of ether oxygens (including phenoxy) is 1. The lowest BCUT2D eigenvalue weighted by Gasteiger charge is -2.48. The van der Waals surface area contributed by atoms with Crippen molar-refractivity contribution in [3.8, 4) is 5.75 Å². The molecule has 11 nitrogen and oxygen atoms in total. The third-order valence-corrected chi connectivity index (χ3v) is 11.3. The number of likely N-dealkylation sites (tertiary alicyclic amines) is 1. The third-order valence-electron chi connectivity index (χ3n) is 9.19. The van der Waals surface area contributed by atoms with Crippen LogP contribution in [0.5, 0.6) is 5.75 Å². The van der Waals surface area contributed by atoms with Crippen LogP contribution in [0.2, 0.25) is 0 Å². The van der Waals surface area contributed by atoms with Crippen LogP contribution in [0.25, 0.3) is 11.0 Å². The first-order chi connectivity index (χ1) is 22.2. The van der Waals surface area contributed by atoms with E-state index in [1.54, 1.807) is 39.0 Å². The van der Waals surface area contributed by atoms with Crippen LogP contribution in [0.1, 0.15) is 31.2 Å². The summed E-state index contributed by atoms with van der Waals surface area (Å²) >= 11 is 3.58. The SMILES string of the molecule is COc1cc(N2CCC(N3CC(NC4CC4)C3)CC2)c(C)cc1Nc1ncc(Br)c(Nc2ccc3nccnc3c2P(C)(C)=O)n1. The van der Waals surface area contributed by atoms with Crippen molar-refractivity contribution in [1.82, 2.24) is 30.2 Å². The Morgan fingerprint density at radius 3 is 2.43 bits per heavy atom. The van der Waals surface area contributed by atoms with Gasteiger partial charge in [0.25, 0.3) is 0 Å². The fourth-order valence-electron chi connectivity index (χ4n) is 6.69. The monoisotopic (exact) mass is 705 g/mol. The molecule has 46 heavy (non-hydrogen) atoms. The molecule has 0 bridgehead atoms. The second-order valence-electron chi connectivity index (χ2n) is 13.0. The van der Waals surface area contributed by atoms with Gasteiger partial charge in [-0.05, 0) is 85.6 Å². The molecule has 0 amide bonds. The smallest absolute Gasteiger partial charge is 0.229 e. The van der Waals surface area contributed by atoms with Crippen LogP contribution in [0.4, 0.5) is 28.8 Å². The van der Waals surface area contributed by atoms with E-state index in [4.69, 9.17) is 9.72 Å². The molecule has 0 atom stereocenters. The quantitative estimate of drug-likeness (QED) is 0.178. The topological polar surface area (TPSA) is 120 Å². The van der Waals surface area contributed by atoms with Crippen LogP contribution in [-0.4, -0.2) is 89.6 Å². The van der Waals surface area contributed by atoms with Gasteiger partial charge in [-0.1, -0.05) is 0 Å². The molecule has 7 rings (SSSR count).